The maximum Gasteiger partial charge on any atom is 0.205 e. The van der Waals surface area contributed by atoms with Gasteiger partial charge >= 0.3 is 0 Å². The van der Waals surface area contributed by atoms with Gasteiger partial charge in [0.2, 0.25) is 5.13 Å². The summed E-state index contributed by atoms with van der Waals surface area (Å²) in [6.45, 7) is 7.77. The molecule has 0 amide bonds. The van der Waals surface area contributed by atoms with Gasteiger partial charge in [0, 0.05) is 36.6 Å². The van der Waals surface area contributed by atoms with Gasteiger partial charge in [0.25, 0.3) is 0 Å². The van der Waals surface area contributed by atoms with Crippen LogP contribution in [0, 0.1) is 5.92 Å². The highest BCUT2D eigenvalue weighted by Crippen LogP contribution is 2.32. The van der Waals surface area contributed by atoms with Crippen molar-refractivity contribution in [2.45, 2.75) is 51.5 Å². The van der Waals surface area contributed by atoms with E-state index in [1.165, 1.54) is 38.8 Å². The van der Waals surface area contributed by atoms with E-state index in [0.29, 0.717) is 12.0 Å². The predicted molar refractivity (Wildman–Crippen MR) is 80.0 cm³/mol. The Morgan fingerprint density at radius 1 is 1.32 bits per heavy atom. The second-order valence-corrected chi connectivity index (χ2v) is 6.96. The Balaban J connectivity index is 1.68. The van der Waals surface area contributed by atoms with Crippen LogP contribution in [0.5, 0.6) is 0 Å². The van der Waals surface area contributed by atoms with E-state index >= 15 is 0 Å². The monoisotopic (exact) mass is 280 g/mol. The van der Waals surface area contributed by atoms with Crippen LogP contribution in [0.1, 0.15) is 51.3 Å². The van der Waals surface area contributed by atoms with Crippen LogP contribution in [0.2, 0.25) is 0 Å². The highest BCUT2D eigenvalue weighted by Gasteiger charge is 2.28. The van der Waals surface area contributed by atoms with Gasteiger partial charge in [-0.15, -0.1) is 0 Å². The fourth-order valence-electron chi connectivity index (χ4n) is 2.61. The molecule has 1 aliphatic carbocycles. The van der Waals surface area contributed by atoms with Crippen LogP contribution in [0.3, 0.4) is 0 Å². The third-order valence-corrected chi connectivity index (χ3v) is 4.79. The fourth-order valence-corrected chi connectivity index (χ4v) is 3.44. The largest absolute Gasteiger partial charge is 0.345 e. The van der Waals surface area contributed by atoms with Gasteiger partial charge < -0.3 is 10.2 Å². The molecule has 106 valence electrons. The van der Waals surface area contributed by atoms with E-state index in [1.807, 2.05) is 0 Å². The van der Waals surface area contributed by atoms with Gasteiger partial charge in [-0.2, -0.15) is 4.37 Å². The molecule has 3 rings (SSSR count). The van der Waals surface area contributed by atoms with E-state index in [1.54, 1.807) is 11.5 Å². The van der Waals surface area contributed by atoms with Crippen molar-refractivity contribution in [1.82, 2.24) is 14.7 Å². The Morgan fingerprint density at radius 3 is 2.74 bits per heavy atom. The first-order valence-corrected chi connectivity index (χ1v) is 8.31. The lowest BCUT2D eigenvalue weighted by Crippen LogP contribution is -2.38. The lowest BCUT2D eigenvalue weighted by Gasteiger charge is -2.24. The van der Waals surface area contributed by atoms with Crippen LogP contribution in [0.25, 0.3) is 0 Å². The van der Waals surface area contributed by atoms with Gasteiger partial charge in [0.15, 0.2) is 0 Å². The first kappa shape index (κ1) is 13.3. The molecule has 0 aromatic carbocycles. The van der Waals surface area contributed by atoms with Crippen molar-refractivity contribution in [2.75, 3.05) is 24.5 Å². The summed E-state index contributed by atoms with van der Waals surface area (Å²) in [6.07, 6.45) is 5.40. The zero-order chi connectivity index (χ0) is 13.2. The molecule has 0 bridgehead atoms. The maximum atomic E-state index is 4.74. The average molecular weight is 280 g/mol. The highest BCUT2D eigenvalue weighted by atomic mass is 32.1. The molecule has 1 atom stereocenters. The van der Waals surface area contributed by atoms with Crippen molar-refractivity contribution in [3.05, 3.63) is 5.82 Å². The summed E-state index contributed by atoms with van der Waals surface area (Å²) in [6, 6.07) is 0.644. The Labute approximate surface area is 119 Å². The topological polar surface area (TPSA) is 41.1 Å². The van der Waals surface area contributed by atoms with Crippen molar-refractivity contribution in [2.24, 2.45) is 5.92 Å². The molecular formula is C14H24N4S. The molecule has 1 aromatic rings. The lowest BCUT2D eigenvalue weighted by molar-refractivity contribution is 0.569. The van der Waals surface area contributed by atoms with Crippen molar-refractivity contribution >= 4 is 16.7 Å². The van der Waals surface area contributed by atoms with Gasteiger partial charge in [0.05, 0.1) is 0 Å². The molecule has 19 heavy (non-hydrogen) atoms. The highest BCUT2D eigenvalue weighted by molar-refractivity contribution is 7.09. The van der Waals surface area contributed by atoms with E-state index in [-0.39, 0.29) is 0 Å². The van der Waals surface area contributed by atoms with Crippen LogP contribution in [0.4, 0.5) is 5.13 Å². The molecule has 5 heteroatoms. The van der Waals surface area contributed by atoms with Crippen molar-refractivity contribution in [1.29, 1.82) is 0 Å². The Kier molecular flexibility index (Phi) is 4.03. The second kappa shape index (κ2) is 5.75. The molecule has 2 heterocycles. The molecule has 1 aliphatic heterocycles. The number of hydrogen-bond acceptors (Lipinski definition) is 5. The summed E-state index contributed by atoms with van der Waals surface area (Å²) in [5.41, 5.74) is 0. The average Bonchev–Trinajstić information content (AvgIpc) is 2.89. The molecule has 1 N–H and O–H groups in total. The van der Waals surface area contributed by atoms with E-state index in [0.717, 1.165) is 23.4 Å². The number of nitrogens with one attached hydrogen (secondary N) is 1. The summed E-state index contributed by atoms with van der Waals surface area (Å²) in [5.74, 6) is 2.32. The number of nitrogens with zero attached hydrogens (tertiary/aromatic N) is 3. The minimum absolute atomic E-state index is 0.428. The van der Waals surface area contributed by atoms with Gasteiger partial charge in [0.1, 0.15) is 5.82 Å². The van der Waals surface area contributed by atoms with E-state index in [2.05, 4.69) is 28.4 Å². The third-order valence-electron chi connectivity index (χ3n) is 4.00. The van der Waals surface area contributed by atoms with Gasteiger partial charge in [-0.25, -0.2) is 4.98 Å². The number of rotatable bonds is 6. The summed E-state index contributed by atoms with van der Waals surface area (Å²) in [4.78, 5) is 7.21. The SMILES string of the molecule is CC(C)c1nsc(N(CC2CC2)CC2CCCN2)n1. The van der Waals surface area contributed by atoms with Crippen LogP contribution < -0.4 is 10.2 Å². The number of aromatic nitrogens is 2. The summed E-state index contributed by atoms with van der Waals surface area (Å²) >= 11 is 1.58. The van der Waals surface area contributed by atoms with Crippen molar-refractivity contribution < 1.29 is 0 Å². The zero-order valence-corrected chi connectivity index (χ0v) is 12.7. The zero-order valence-electron chi connectivity index (χ0n) is 11.9. The standard InChI is InChI=1S/C14H24N4S/c1-10(2)13-16-14(19-17-13)18(8-11-5-6-11)9-12-4-3-7-15-12/h10-12,15H,3-9H2,1-2H3. The maximum absolute atomic E-state index is 4.74. The summed E-state index contributed by atoms with van der Waals surface area (Å²) < 4.78 is 4.51. The molecule has 1 saturated heterocycles. The molecule has 1 unspecified atom stereocenters. The first-order chi connectivity index (χ1) is 9.22. The van der Waals surface area contributed by atoms with E-state index in [9.17, 15) is 0 Å². The van der Waals surface area contributed by atoms with E-state index < -0.39 is 0 Å². The molecule has 0 radical (unpaired) electrons. The minimum atomic E-state index is 0.428. The minimum Gasteiger partial charge on any atom is -0.345 e. The molecule has 1 aromatic heterocycles. The molecule has 1 saturated carbocycles. The smallest absolute Gasteiger partial charge is 0.205 e. The summed E-state index contributed by atoms with van der Waals surface area (Å²) in [7, 11) is 0. The Hall–Kier alpha value is -0.680. The normalized spacial score (nSPS) is 23.2. The predicted octanol–water partition coefficient (Wildman–Crippen LogP) is 2.63. The van der Waals surface area contributed by atoms with Gasteiger partial charge in [-0.1, -0.05) is 13.8 Å². The van der Waals surface area contributed by atoms with Crippen molar-refractivity contribution in [3.8, 4) is 0 Å². The Morgan fingerprint density at radius 2 is 2.16 bits per heavy atom. The summed E-state index contributed by atoms with van der Waals surface area (Å²) in [5, 5.41) is 4.72. The first-order valence-electron chi connectivity index (χ1n) is 7.54. The van der Waals surface area contributed by atoms with Crippen LogP contribution >= 0.6 is 11.5 Å². The molecule has 4 nitrogen and oxygen atoms in total. The molecule has 0 spiro atoms. The number of hydrogen-bond donors (Lipinski definition) is 1. The molecular weight excluding hydrogens is 256 g/mol. The third kappa shape index (κ3) is 3.45. The van der Waals surface area contributed by atoms with Crippen LogP contribution in [-0.4, -0.2) is 35.0 Å². The quantitative estimate of drug-likeness (QED) is 0.870. The van der Waals surface area contributed by atoms with Crippen molar-refractivity contribution in [3.63, 3.8) is 0 Å². The second-order valence-electron chi connectivity index (χ2n) is 6.23. The molecule has 2 aliphatic rings. The van der Waals surface area contributed by atoms with Gasteiger partial charge in [-0.3, -0.25) is 0 Å². The van der Waals surface area contributed by atoms with Gasteiger partial charge in [-0.05, 0) is 38.1 Å². The Bertz CT molecular complexity index is 407. The van der Waals surface area contributed by atoms with E-state index in [4.69, 9.17) is 4.98 Å². The molecule has 2 fully saturated rings. The van der Waals surface area contributed by atoms with Crippen LogP contribution in [-0.2, 0) is 0 Å². The van der Waals surface area contributed by atoms with Crippen LogP contribution in [0.15, 0.2) is 0 Å². The number of anilines is 1. The fraction of sp³-hybridized carbons (Fsp3) is 0.857. The lowest BCUT2D eigenvalue weighted by atomic mass is 10.2.